The summed E-state index contributed by atoms with van der Waals surface area (Å²) < 4.78 is 25.8. The highest BCUT2D eigenvalue weighted by Gasteiger charge is 2.33. The molecule has 96 valence electrons. The Morgan fingerprint density at radius 2 is 2.00 bits per heavy atom. The van der Waals surface area contributed by atoms with E-state index in [4.69, 9.17) is 5.73 Å². The van der Waals surface area contributed by atoms with Crippen molar-refractivity contribution in [2.24, 2.45) is 11.7 Å². The predicted molar refractivity (Wildman–Crippen MR) is 65.7 cm³/mol. The molecule has 1 aliphatic rings. The van der Waals surface area contributed by atoms with Gasteiger partial charge in [0.1, 0.15) is 0 Å². The summed E-state index contributed by atoms with van der Waals surface area (Å²) in [5.41, 5.74) is 5.65. The van der Waals surface area contributed by atoms with Crippen LogP contribution in [0.3, 0.4) is 0 Å². The van der Waals surface area contributed by atoms with E-state index in [0.717, 1.165) is 13.1 Å². The Labute approximate surface area is 98.6 Å². The number of sulfonamides is 1. The predicted octanol–water partition coefficient (Wildman–Crippen LogP) is -0.453. The first-order valence-corrected chi connectivity index (χ1v) is 7.36. The lowest BCUT2D eigenvalue weighted by molar-refractivity contribution is 0.163. The molecule has 0 amide bonds. The molecule has 0 aliphatic carbocycles. The molecule has 1 saturated heterocycles. The monoisotopic (exact) mass is 249 g/mol. The highest BCUT2D eigenvalue weighted by Crippen LogP contribution is 2.15. The fourth-order valence-electron chi connectivity index (χ4n) is 2.07. The van der Waals surface area contributed by atoms with Crippen LogP contribution in [0.4, 0.5) is 0 Å². The summed E-state index contributed by atoms with van der Waals surface area (Å²) in [5, 5.41) is 0. The van der Waals surface area contributed by atoms with Gasteiger partial charge >= 0.3 is 0 Å². The van der Waals surface area contributed by atoms with E-state index in [-0.39, 0.29) is 17.7 Å². The molecule has 6 heteroatoms. The minimum absolute atomic E-state index is 0.0671. The molecule has 1 heterocycles. The van der Waals surface area contributed by atoms with Gasteiger partial charge in [-0.3, -0.25) is 0 Å². The summed E-state index contributed by atoms with van der Waals surface area (Å²) in [6, 6.07) is -0.0671. The molecule has 2 N–H and O–H groups in total. The Balaban J connectivity index is 2.77. The van der Waals surface area contributed by atoms with E-state index in [1.165, 1.54) is 0 Å². The van der Waals surface area contributed by atoms with E-state index in [9.17, 15) is 8.42 Å². The van der Waals surface area contributed by atoms with Crippen molar-refractivity contribution >= 4 is 10.0 Å². The van der Waals surface area contributed by atoms with Crippen LogP contribution in [0.5, 0.6) is 0 Å². The fraction of sp³-hybridized carbons (Fsp3) is 1.00. The van der Waals surface area contributed by atoms with Crippen molar-refractivity contribution in [1.82, 2.24) is 9.21 Å². The zero-order valence-electron chi connectivity index (χ0n) is 10.4. The maximum atomic E-state index is 12.1. The average molecular weight is 249 g/mol. The second-order valence-corrected chi connectivity index (χ2v) is 6.90. The van der Waals surface area contributed by atoms with Crippen LogP contribution in [0, 0.1) is 5.92 Å². The molecule has 1 atom stereocenters. The topological polar surface area (TPSA) is 66.6 Å². The van der Waals surface area contributed by atoms with Gasteiger partial charge in [-0.15, -0.1) is 0 Å². The number of piperazine rings is 1. The lowest BCUT2D eigenvalue weighted by atomic mass is 10.2. The molecule has 0 radical (unpaired) electrons. The van der Waals surface area contributed by atoms with Gasteiger partial charge in [-0.2, -0.15) is 4.31 Å². The van der Waals surface area contributed by atoms with E-state index < -0.39 is 10.0 Å². The van der Waals surface area contributed by atoms with Gasteiger partial charge in [0.25, 0.3) is 0 Å². The number of rotatable bonds is 4. The molecule has 0 aromatic heterocycles. The molecule has 0 aromatic carbocycles. The molecule has 1 aliphatic heterocycles. The van der Waals surface area contributed by atoms with E-state index in [1.807, 2.05) is 20.9 Å². The summed E-state index contributed by atoms with van der Waals surface area (Å²) in [6.45, 7) is 6.31. The first kappa shape index (κ1) is 13.9. The zero-order chi connectivity index (χ0) is 12.3. The lowest BCUT2D eigenvalue weighted by Gasteiger charge is -2.38. The number of hydrogen-bond acceptors (Lipinski definition) is 4. The van der Waals surface area contributed by atoms with Crippen molar-refractivity contribution in [2.45, 2.75) is 19.9 Å². The van der Waals surface area contributed by atoms with Gasteiger partial charge in [0, 0.05) is 32.2 Å². The summed E-state index contributed by atoms with van der Waals surface area (Å²) in [5.74, 6) is 0.371. The Morgan fingerprint density at radius 1 is 1.38 bits per heavy atom. The first-order valence-electron chi connectivity index (χ1n) is 5.75. The third-order valence-corrected chi connectivity index (χ3v) is 5.09. The van der Waals surface area contributed by atoms with Crippen LogP contribution in [0.25, 0.3) is 0 Å². The molecule has 0 bridgehead atoms. The SMILES string of the molecule is CC(C)CS(=O)(=O)N1CCN(C)CC1CN. The molecule has 1 rings (SSSR count). The standard InChI is InChI=1S/C10H23N3O2S/c1-9(2)8-16(14,15)13-5-4-12(3)7-10(13)6-11/h9-10H,4-8,11H2,1-3H3. The molecular weight excluding hydrogens is 226 g/mol. The van der Waals surface area contributed by atoms with Crippen molar-refractivity contribution in [3.8, 4) is 0 Å². The number of likely N-dealkylation sites (N-methyl/N-ethyl adjacent to an activating group) is 1. The molecule has 5 nitrogen and oxygen atoms in total. The van der Waals surface area contributed by atoms with Crippen LogP contribution in [-0.2, 0) is 10.0 Å². The van der Waals surface area contributed by atoms with Crippen LogP contribution in [0.2, 0.25) is 0 Å². The summed E-state index contributed by atoms with van der Waals surface area (Å²) >= 11 is 0. The van der Waals surface area contributed by atoms with E-state index >= 15 is 0 Å². The minimum atomic E-state index is -3.14. The van der Waals surface area contributed by atoms with E-state index in [0.29, 0.717) is 13.1 Å². The highest BCUT2D eigenvalue weighted by molar-refractivity contribution is 7.89. The fourth-order valence-corrected chi connectivity index (χ4v) is 4.07. The molecule has 1 unspecified atom stereocenters. The van der Waals surface area contributed by atoms with Gasteiger partial charge in [-0.1, -0.05) is 13.8 Å². The van der Waals surface area contributed by atoms with E-state index in [1.54, 1.807) is 4.31 Å². The smallest absolute Gasteiger partial charge is 0.214 e. The van der Waals surface area contributed by atoms with Crippen LogP contribution >= 0.6 is 0 Å². The number of nitrogens with two attached hydrogens (primary N) is 1. The van der Waals surface area contributed by atoms with Gasteiger partial charge in [0.2, 0.25) is 10.0 Å². The first-order chi connectivity index (χ1) is 7.36. The van der Waals surface area contributed by atoms with Crippen molar-refractivity contribution in [3.63, 3.8) is 0 Å². The molecule has 1 fully saturated rings. The molecule has 0 spiro atoms. The van der Waals surface area contributed by atoms with Gasteiger partial charge in [0.15, 0.2) is 0 Å². The van der Waals surface area contributed by atoms with Gasteiger partial charge in [-0.05, 0) is 13.0 Å². The lowest BCUT2D eigenvalue weighted by Crippen LogP contribution is -2.57. The van der Waals surface area contributed by atoms with Crippen molar-refractivity contribution in [1.29, 1.82) is 0 Å². The minimum Gasteiger partial charge on any atom is -0.329 e. The molecule has 16 heavy (non-hydrogen) atoms. The maximum Gasteiger partial charge on any atom is 0.214 e. The molecule has 0 saturated carbocycles. The third-order valence-electron chi connectivity index (χ3n) is 2.81. The second-order valence-electron chi connectivity index (χ2n) is 4.93. The van der Waals surface area contributed by atoms with Crippen molar-refractivity contribution in [2.75, 3.05) is 39.0 Å². The number of hydrogen-bond donors (Lipinski definition) is 1. The molecule has 0 aromatic rings. The Kier molecular flexibility index (Phi) is 4.73. The Hall–Kier alpha value is -0.170. The van der Waals surface area contributed by atoms with Gasteiger partial charge in [-0.25, -0.2) is 8.42 Å². The highest BCUT2D eigenvalue weighted by atomic mass is 32.2. The summed E-state index contributed by atoms with van der Waals surface area (Å²) in [7, 11) is -1.15. The average Bonchev–Trinajstić information content (AvgIpc) is 2.15. The van der Waals surface area contributed by atoms with Crippen LogP contribution in [0.15, 0.2) is 0 Å². The zero-order valence-corrected chi connectivity index (χ0v) is 11.2. The van der Waals surface area contributed by atoms with Crippen LogP contribution in [0.1, 0.15) is 13.8 Å². The largest absolute Gasteiger partial charge is 0.329 e. The second kappa shape index (κ2) is 5.44. The Bertz CT molecular complexity index is 316. The number of nitrogens with zero attached hydrogens (tertiary/aromatic N) is 2. The van der Waals surface area contributed by atoms with Gasteiger partial charge in [0.05, 0.1) is 5.75 Å². The van der Waals surface area contributed by atoms with Crippen molar-refractivity contribution in [3.05, 3.63) is 0 Å². The maximum absolute atomic E-state index is 12.1. The Morgan fingerprint density at radius 3 is 2.50 bits per heavy atom. The third kappa shape index (κ3) is 3.41. The van der Waals surface area contributed by atoms with Crippen LogP contribution < -0.4 is 5.73 Å². The quantitative estimate of drug-likeness (QED) is 0.732. The summed E-state index contributed by atoms with van der Waals surface area (Å²) in [4.78, 5) is 2.12. The molecular formula is C10H23N3O2S. The van der Waals surface area contributed by atoms with E-state index in [2.05, 4.69) is 4.90 Å². The van der Waals surface area contributed by atoms with Crippen molar-refractivity contribution < 1.29 is 8.42 Å². The van der Waals surface area contributed by atoms with Gasteiger partial charge < -0.3 is 10.6 Å². The normalized spacial score (nSPS) is 25.2. The summed E-state index contributed by atoms with van der Waals surface area (Å²) in [6.07, 6.45) is 0. The van der Waals surface area contributed by atoms with Crippen LogP contribution in [-0.4, -0.2) is 62.6 Å².